The first-order valence-electron chi connectivity index (χ1n) is 10.3. The predicted octanol–water partition coefficient (Wildman–Crippen LogP) is 4.34. The van der Waals surface area contributed by atoms with Crippen LogP contribution < -0.4 is 5.32 Å². The Morgan fingerprint density at radius 1 is 1.19 bits per heavy atom. The smallest absolute Gasteiger partial charge is 0.210 e. The molecule has 0 radical (unpaired) electrons. The number of aryl methyl sites for hydroxylation is 3. The number of hydrogen-bond donors (Lipinski definition) is 3. The van der Waals surface area contributed by atoms with Crippen LogP contribution in [0.25, 0.3) is 10.6 Å². The van der Waals surface area contributed by atoms with Crippen molar-refractivity contribution in [2.45, 2.75) is 52.1 Å². The number of nitrogens with zero attached hydrogens (tertiary/aromatic N) is 4. The first kappa shape index (κ1) is 24.0. The highest BCUT2D eigenvalue weighted by atomic mass is 32.1. The summed E-state index contributed by atoms with van der Waals surface area (Å²) in [5.74, 6) is 0.814. The number of piperidine rings is 1. The Kier molecular flexibility index (Phi) is 8.05. The monoisotopic (exact) mass is 472 g/mol. The van der Waals surface area contributed by atoms with Crippen molar-refractivity contribution in [3.05, 3.63) is 40.0 Å². The van der Waals surface area contributed by atoms with Gasteiger partial charge in [0.05, 0.1) is 21.3 Å². The third-order valence-electron chi connectivity index (χ3n) is 5.26. The van der Waals surface area contributed by atoms with Crippen LogP contribution in [-0.2, 0) is 4.79 Å². The van der Waals surface area contributed by atoms with Gasteiger partial charge in [-0.15, -0.1) is 22.7 Å². The van der Waals surface area contributed by atoms with E-state index in [1.165, 1.54) is 0 Å². The molecule has 1 amide bonds. The van der Waals surface area contributed by atoms with Crippen molar-refractivity contribution < 1.29 is 9.90 Å². The molecule has 5 heterocycles. The maximum absolute atomic E-state index is 10.4. The summed E-state index contributed by atoms with van der Waals surface area (Å²) in [4.78, 5) is 26.7. The summed E-state index contributed by atoms with van der Waals surface area (Å²) in [6.45, 7) is 6.06. The highest BCUT2D eigenvalue weighted by Crippen LogP contribution is 2.35. The Bertz CT molecular complexity index is 1050. The number of pyridine rings is 1. The quantitative estimate of drug-likeness (QED) is 0.487. The summed E-state index contributed by atoms with van der Waals surface area (Å²) in [6, 6.07) is 4.74. The lowest BCUT2D eigenvalue weighted by molar-refractivity contribution is -0.130. The Balaban J connectivity index is 0.000000201. The molecule has 8 nitrogen and oxygen atoms in total. The zero-order valence-corrected chi connectivity index (χ0v) is 20.3. The number of fused-ring (bicyclic) bond motifs is 2. The van der Waals surface area contributed by atoms with E-state index in [1.54, 1.807) is 22.7 Å². The molecule has 0 unspecified atom stereocenters. The molecule has 2 saturated heterocycles. The standard InChI is InChI=1S/C14H14N4S2.C7H10N2O.CH4O/c1-8-4-5-12(15-6-8)18-14-17-11(7-19-14)13-9(2)16-10(3)20-13;8-5-1-6-3-7(2-5)9(6)4-10;1-2/h4-7H,1-3H3,(H,15,17,18);4,6-8H,1-3H2;2H,1H3/t;6-,7+;. The van der Waals surface area contributed by atoms with E-state index in [9.17, 15) is 4.79 Å². The van der Waals surface area contributed by atoms with Gasteiger partial charge in [-0.2, -0.15) is 0 Å². The minimum Gasteiger partial charge on any atom is -0.400 e. The molecule has 3 aliphatic rings. The molecule has 3 fully saturated rings. The van der Waals surface area contributed by atoms with E-state index in [1.807, 2.05) is 44.0 Å². The summed E-state index contributed by atoms with van der Waals surface area (Å²) in [5.41, 5.74) is 3.98. The van der Waals surface area contributed by atoms with Crippen molar-refractivity contribution in [3.8, 4) is 10.6 Å². The van der Waals surface area contributed by atoms with Crippen molar-refractivity contribution in [1.82, 2.24) is 19.9 Å². The average molecular weight is 473 g/mol. The van der Waals surface area contributed by atoms with E-state index in [2.05, 4.69) is 25.6 Å². The molecule has 3 aromatic heterocycles. The maximum atomic E-state index is 10.4. The van der Waals surface area contributed by atoms with Gasteiger partial charge in [0, 0.05) is 49.3 Å². The molecule has 0 aromatic carbocycles. The second kappa shape index (κ2) is 10.8. The summed E-state index contributed by atoms with van der Waals surface area (Å²) in [5, 5.41) is 21.6. The van der Waals surface area contributed by atoms with Gasteiger partial charge in [0.15, 0.2) is 5.13 Å². The van der Waals surface area contributed by atoms with Crippen molar-refractivity contribution in [3.63, 3.8) is 0 Å². The third-order valence-corrected chi connectivity index (χ3v) is 7.11. The molecule has 3 aromatic rings. The van der Waals surface area contributed by atoms with E-state index in [0.717, 1.165) is 76.3 Å². The first-order chi connectivity index (χ1) is 15.4. The fraction of sp³-hybridized carbons (Fsp3) is 0.409. The van der Waals surface area contributed by atoms with Gasteiger partial charge >= 0.3 is 0 Å². The lowest BCUT2D eigenvalue weighted by Gasteiger charge is -2.50. The van der Waals surface area contributed by atoms with Crippen molar-refractivity contribution in [2.75, 3.05) is 12.4 Å². The summed E-state index contributed by atoms with van der Waals surface area (Å²) >= 11 is 3.26. The van der Waals surface area contributed by atoms with Crippen LogP contribution >= 0.6 is 22.7 Å². The Labute approximate surface area is 195 Å². The summed E-state index contributed by atoms with van der Waals surface area (Å²) in [7, 11) is 1.00. The molecule has 2 atom stereocenters. The van der Waals surface area contributed by atoms with Crippen LogP contribution in [0.3, 0.4) is 0 Å². The van der Waals surface area contributed by atoms with Crippen LogP contribution in [0.4, 0.5) is 10.9 Å². The molecule has 6 rings (SSSR count). The summed E-state index contributed by atoms with van der Waals surface area (Å²) < 4.78 is 0. The number of carbonyl (C=O) groups excluding carboxylic acids is 1. The number of anilines is 2. The number of thiazole rings is 2. The molecule has 1 saturated carbocycles. The van der Waals surface area contributed by atoms with Crippen LogP contribution in [0.5, 0.6) is 0 Å². The molecule has 10 heteroatoms. The Morgan fingerprint density at radius 3 is 2.47 bits per heavy atom. The van der Waals surface area contributed by atoms with Gasteiger partial charge in [0.25, 0.3) is 0 Å². The molecule has 3 N–H and O–H groups in total. The van der Waals surface area contributed by atoms with Crippen molar-refractivity contribution in [1.29, 1.82) is 5.41 Å². The van der Waals surface area contributed by atoms with Gasteiger partial charge in [0.1, 0.15) is 5.82 Å². The minimum atomic E-state index is 0.378. The van der Waals surface area contributed by atoms with E-state index >= 15 is 0 Å². The van der Waals surface area contributed by atoms with Gasteiger partial charge in [-0.3, -0.25) is 4.79 Å². The van der Waals surface area contributed by atoms with Crippen molar-refractivity contribution in [2.24, 2.45) is 0 Å². The average Bonchev–Trinajstić information content (AvgIpc) is 3.37. The maximum Gasteiger partial charge on any atom is 0.210 e. The zero-order valence-electron chi connectivity index (χ0n) is 18.6. The van der Waals surface area contributed by atoms with E-state index in [-0.39, 0.29) is 0 Å². The lowest BCUT2D eigenvalue weighted by Crippen LogP contribution is -2.60. The lowest BCUT2D eigenvalue weighted by atomic mass is 9.79. The topological polar surface area (TPSA) is 115 Å². The molecule has 2 bridgehead atoms. The van der Waals surface area contributed by atoms with Gasteiger partial charge in [-0.1, -0.05) is 6.07 Å². The highest BCUT2D eigenvalue weighted by molar-refractivity contribution is 7.16. The van der Waals surface area contributed by atoms with Crippen LogP contribution in [0.15, 0.2) is 23.7 Å². The second-order valence-corrected chi connectivity index (χ2v) is 9.70. The normalized spacial score (nSPS) is 18.5. The number of nitrogens with one attached hydrogen (secondary N) is 2. The summed E-state index contributed by atoms with van der Waals surface area (Å²) in [6.07, 6.45) is 5.52. The number of amides is 1. The highest BCUT2D eigenvalue weighted by Gasteiger charge is 2.42. The van der Waals surface area contributed by atoms with Crippen LogP contribution in [-0.4, -0.2) is 56.3 Å². The molecule has 0 spiro atoms. The van der Waals surface area contributed by atoms with Crippen molar-refractivity contribution >= 4 is 45.7 Å². The van der Waals surface area contributed by atoms with Crippen LogP contribution in [0.1, 0.15) is 35.5 Å². The van der Waals surface area contributed by atoms with E-state index in [4.69, 9.17) is 10.5 Å². The van der Waals surface area contributed by atoms with E-state index < -0.39 is 0 Å². The molecular formula is C22H28N6O2S2. The van der Waals surface area contributed by atoms with Gasteiger partial charge in [-0.05, 0) is 38.8 Å². The first-order valence-corrected chi connectivity index (χ1v) is 12.0. The largest absolute Gasteiger partial charge is 0.400 e. The molecule has 2 aliphatic heterocycles. The second-order valence-electron chi connectivity index (χ2n) is 7.64. The van der Waals surface area contributed by atoms with Crippen LogP contribution in [0, 0.1) is 26.2 Å². The Morgan fingerprint density at radius 2 is 1.91 bits per heavy atom. The predicted molar refractivity (Wildman–Crippen MR) is 130 cm³/mol. The number of aromatic nitrogens is 3. The minimum absolute atomic E-state index is 0.378. The molecular weight excluding hydrogens is 444 g/mol. The fourth-order valence-corrected chi connectivity index (χ4v) is 5.44. The molecule has 1 aliphatic carbocycles. The molecule has 32 heavy (non-hydrogen) atoms. The Hall–Kier alpha value is -2.69. The van der Waals surface area contributed by atoms with E-state index in [0.29, 0.717) is 12.1 Å². The third kappa shape index (κ3) is 5.56. The van der Waals surface area contributed by atoms with Gasteiger partial charge in [-0.25, -0.2) is 15.0 Å². The number of aliphatic hydroxyl groups excluding tert-OH is 1. The number of rotatable bonds is 4. The zero-order chi connectivity index (χ0) is 23.3. The number of carbonyl (C=O) groups is 1. The number of aliphatic hydroxyl groups is 1. The fourth-order valence-electron chi connectivity index (χ4n) is 3.78. The SMILES string of the molecule is CO.Cc1ccc(Nc2nc(-c3sc(C)nc3C)cs2)nc1.N=C1C[C@@H]2C[C@H](C1)N2C=O. The van der Waals surface area contributed by atoms with Gasteiger partial charge < -0.3 is 20.7 Å². The van der Waals surface area contributed by atoms with Gasteiger partial charge in [0.2, 0.25) is 6.41 Å². The number of hydrogen-bond acceptors (Lipinski definition) is 9. The van der Waals surface area contributed by atoms with Crippen LogP contribution in [0.2, 0.25) is 0 Å². The molecule has 170 valence electrons.